The van der Waals surface area contributed by atoms with Crippen LogP contribution in [0.4, 0.5) is 5.69 Å². The molecule has 3 nitrogen and oxygen atoms in total. The van der Waals surface area contributed by atoms with E-state index in [2.05, 4.69) is 67.3 Å². The van der Waals surface area contributed by atoms with Crippen LogP contribution < -0.4 is 4.90 Å². The largest absolute Gasteiger partial charge is 0.507 e. The molecule has 2 N–H and O–H groups in total. The molecular weight excluding hydrogens is 406 g/mol. The average molecular weight is 450 g/mol. The van der Waals surface area contributed by atoms with Gasteiger partial charge in [0.25, 0.3) is 0 Å². The minimum atomic E-state index is -0.460. The molecule has 180 valence electrons. The van der Waals surface area contributed by atoms with Crippen molar-refractivity contribution in [3.8, 4) is 11.5 Å². The lowest BCUT2D eigenvalue weighted by Crippen LogP contribution is -2.39. The molecule has 0 atom stereocenters. The monoisotopic (exact) mass is 449 g/mol. The third kappa shape index (κ3) is 6.10. The summed E-state index contributed by atoms with van der Waals surface area (Å²) >= 11 is 0. The van der Waals surface area contributed by atoms with Crippen LogP contribution in [0.15, 0.2) is 54.6 Å². The molecule has 3 aromatic carbocycles. The van der Waals surface area contributed by atoms with Gasteiger partial charge in [0, 0.05) is 23.9 Å². The number of anilines is 1. The summed E-state index contributed by atoms with van der Waals surface area (Å²) in [5.41, 5.74) is 6.29. The van der Waals surface area contributed by atoms with E-state index in [1.165, 1.54) is 11.1 Å². The molecule has 0 fully saturated rings. The summed E-state index contributed by atoms with van der Waals surface area (Å²) in [4.78, 5) is 2.18. The molecule has 3 aromatic rings. The van der Waals surface area contributed by atoms with Gasteiger partial charge in [-0.3, -0.25) is 0 Å². The van der Waals surface area contributed by atoms with Gasteiger partial charge in [0.05, 0.1) is 5.54 Å². The van der Waals surface area contributed by atoms with E-state index >= 15 is 0 Å². The first-order valence-electron chi connectivity index (χ1n) is 12.0. The molecule has 0 aromatic heterocycles. The summed E-state index contributed by atoms with van der Waals surface area (Å²) in [7, 11) is 2.04. The van der Waals surface area contributed by atoms with Crippen LogP contribution in [0.25, 0.3) is 0 Å². The first-order chi connectivity index (χ1) is 15.6. The minimum Gasteiger partial charge on any atom is -0.507 e. The van der Waals surface area contributed by atoms with E-state index in [0.29, 0.717) is 5.56 Å². The first-order valence-corrected chi connectivity index (χ1v) is 12.0. The molecule has 0 aliphatic carbocycles. The Morgan fingerprint density at radius 2 is 1.15 bits per heavy atom. The molecule has 0 amide bonds. The number of nitrogens with zero attached hydrogens (tertiary/aromatic N) is 1. The van der Waals surface area contributed by atoms with E-state index < -0.39 is 5.54 Å². The van der Waals surface area contributed by atoms with Gasteiger partial charge in [-0.25, -0.2) is 0 Å². The van der Waals surface area contributed by atoms with Crippen LogP contribution in [0.5, 0.6) is 11.5 Å². The van der Waals surface area contributed by atoms with Gasteiger partial charge in [-0.05, 0) is 75.4 Å². The number of rotatable bonds is 5. The molecule has 0 saturated heterocycles. The SMILES string of the molecule is CC.CC.Cc1c(C)c(C(C)(C)N(C)c2ccc(Cc3ccccc3)cc2)c(O)c(C)c1O. The van der Waals surface area contributed by atoms with Gasteiger partial charge >= 0.3 is 0 Å². The second kappa shape index (κ2) is 12.3. The molecule has 0 aliphatic rings. The fourth-order valence-corrected chi connectivity index (χ4v) is 4.03. The van der Waals surface area contributed by atoms with Crippen molar-refractivity contribution in [3.63, 3.8) is 0 Å². The van der Waals surface area contributed by atoms with Crippen molar-refractivity contribution in [3.05, 3.63) is 88.0 Å². The van der Waals surface area contributed by atoms with Crippen molar-refractivity contribution in [2.45, 2.75) is 74.3 Å². The molecular formula is C30H43NO2. The quantitative estimate of drug-likeness (QED) is 0.414. The summed E-state index contributed by atoms with van der Waals surface area (Å²) in [5.74, 6) is 0.343. The van der Waals surface area contributed by atoms with Gasteiger partial charge in [-0.15, -0.1) is 0 Å². The Morgan fingerprint density at radius 3 is 1.67 bits per heavy atom. The lowest BCUT2D eigenvalue weighted by molar-refractivity contribution is 0.411. The molecule has 3 heteroatoms. The van der Waals surface area contributed by atoms with E-state index in [-0.39, 0.29) is 11.5 Å². The molecule has 0 bridgehead atoms. The molecule has 0 heterocycles. The Hall–Kier alpha value is -2.94. The summed E-state index contributed by atoms with van der Waals surface area (Å²) in [5, 5.41) is 21.1. The fourth-order valence-electron chi connectivity index (χ4n) is 4.03. The minimum absolute atomic E-state index is 0.170. The van der Waals surface area contributed by atoms with Crippen LogP contribution in [0.3, 0.4) is 0 Å². The second-order valence-electron chi connectivity index (χ2n) is 8.39. The second-order valence-corrected chi connectivity index (χ2v) is 8.39. The van der Waals surface area contributed by atoms with Crippen molar-refractivity contribution in [1.82, 2.24) is 0 Å². The molecule has 3 rings (SSSR count). The number of aromatic hydroxyl groups is 2. The lowest BCUT2D eigenvalue weighted by atomic mass is 9.84. The van der Waals surface area contributed by atoms with E-state index in [4.69, 9.17) is 0 Å². The Morgan fingerprint density at radius 1 is 0.667 bits per heavy atom. The van der Waals surface area contributed by atoms with Crippen molar-refractivity contribution in [1.29, 1.82) is 0 Å². The average Bonchev–Trinajstić information content (AvgIpc) is 2.84. The zero-order valence-electron chi connectivity index (χ0n) is 22.2. The van der Waals surface area contributed by atoms with Crippen LogP contribution in [0, 0.1) is 20.8 Å². The third-order valence-electron chi connectivity index (χ3n) is 6.26. The maximum Gasteiger partial charge on any atom is 0.128 e. The maximum absolute atomic E-state index is 10.8. The zero-order chi connectivity index (χ0) is 25.3. The summed E-state index contributed by atoms with van der Waals surface area (Å²) in [6.07, 6.45) is 0.907. The molecule has 0 radical (unpaired) electrons. The molecule has 0 saturated carbocycles. The fraction of sp³-hybridized carbons (Fsp3) is 0.400. The van der Waals surface area contributed by atoms with Gasteiger partial charge in [0.15, 0.2) is 0 Å². The summed E-state index contributed by atoms with van der Waals surface area (Å²) < 4.78 is 0. The van der Waals surface area contributed by atoms with Crippen LogP contribution in [0.1, 0.15) is 74.9 Å². The zero-order valence-corrected chi connectivity index (χ0v) is 22.2. The highest BCUT2D eigenvalue weighted by molar-refractivity contribution is 5.62. The van der Waals surface area contributed by atoms with Gasteiger partial charge in [-0.2, -0.15) is 0 Å². The van der Waals surface area contributed by atoms with Crippen molar-refractivity contribution >= 4 is 5.69 Å². The summed E-state index contributed by atoms with van der Waals surface area (Å²) in [6.45, 7) is 17.8. The Balaban J connectivity index is 0.00000129. The highest BCUT2D eigenvalue weighted by Crippen LogP contribution is 2.44. The van der Waals surface area contributed by atoms with E-state index in [0.717, 1.165) is 28.8 Å². The first kappa shape index (κ1) is 28.1. The predicted octanol–water partition coefficient (Wildman–Crippen LogP) is 8.04. The van der Waals surface area contributed by atoms with Gasteiger partial charge < -0.3 is 15.1 Å². The van der Waals surface area contributed by atoms with Crippen molar-refractivity contribution < 1.29 is 10.2 Å². The highest BCUT2D eigenvalue weighted by Gasteiger charge is 2.33. The van der Waals surface area contributed by atoms with Crippen LogP contribution in [-0.2, 0) is 12.0 Å². The Labute approximate surface area is 201 Å². The van der Waals surface area contributed by atoms with Gasteiger partial charge in [-0.1, -0.05) is 70.2 Å². The summed E-state index contributed by atoms with van der Waals surface area (Å²) in [6, 6.07) is 19.0. The van der Waals surface area contributed by atoms with Crippen molar-refractivity contribution in [2.24, 2.45) is 0 Å². The topological polar surface area (TPSA) is 43.7 Å². The van der Waals surface area contributed by atoms with Gasteiger partial charge in [0.2, 0.25) is 0 Å². The third-order valence-corrected chi connectivity index (χ3v) is 6.26. The smallest absolute Gasteiger partial charge is 0.128 e. The van der Waals surface area contributed by atoms with Gasteiger partial charge in [0.1, 0.15) is 11.5 Å². The highest BCUT2D eigenvalue weighted by atomic mass is 16.3. The Bertz CT molecular complexity index is 977. The maximum atomic E-state index is 10.8. The number of benzene rings is 3. The molecule has 0 aliphatic heterocycles. The normalized spacial score (nSPS) is 10.5. The molecule has 0 unspecified atom stereocenters. The molecule has 33 heavy (non-hydrogen) atoms. The molecule has 0 spiro atoms. The number of phenols is 2. The van der Waals surface area contributed by atoms with E-state index in [9.17, 15) is 10.2 Å². The number of phenolic OH excluding ortho intramolecular Hbond substituents is 2. The number of hydrogen-bond acceptors (Lipinski definition) is 3. The lowest BCUT2D eigenvalue weighted by Gasteiger charge is -2.40. The van der Waals surface area contributed by atoms with Crippen LogP contribution >= 0.6 is 0 Å². The van der Waals surface area contributed by atoms with E-state index in [1.807, 2.05) is 54.7 Å². The van der Waals surface area contributed by atoms with Crippen LogP contribution in [0.2, 0.25) is 0 Å². The standard InChI is InChI=1S/C26H31NO2.2C2H6/c1-17-18(2)24(28)19(3)25(29)23(17)26(4,5)27(6)22-14-12-21(13-15-22)16-20-10-8-7-9-11-20;2*1-2/h7-15,28-29H,16H2,1-6H3;2*1-2H3. The number of hydrogen-bond donors (Lipinski definition) is 2. The predicted molar refractivity (Wildman–Crippen MR) is 144 cm³/mol. The van der Waals surface area contributed by atoms with Crippen molar-refractivity contribution in [2.75, 3.05) is 11.9 Å². The van der Waals surface area contributed by atoms with Crippen LogP contribution in [-0.4, -0.2) is 17.3 Å². The van der Waals surface area contributed by atoms with E-state index in [1.54, 1.807) is 6.92 Å². The Kier molecular flexibility index (Phi) is 10.5.